The lowest BCUT2D eigenvalue weighted by atomic mass is 9.87. The molecule has 0 aromatic carbocycles. The van der Waals surface area contributed by atoms with Gasteiger partial charge in [0.05, 0.1) is 23.3 Å². The van der Waals surface area contributed by atoms with Gasteiger partial charge in [-0.2, -0.15) is 0 Å². The quantitative estimate of drug-likeness (QED) is 0.621. The first kappa shape index (κ1) is 26.2. The first-order valence-corrected chi connectivity index (χ1v) is 12.9. The fourth-order valence-electron chi connectivity index (χ4n) is 4.48. The molecule has 1 unspecified atom stereocenters. The zero-order chi connectivity index (χ0) is 25.0. The third-order valence-corrected chi connectivity index (χ3v) is 7.24. The van der Waals surface area contributed by atoms with Crippen LogP contribution in [0.1, 0.15) is 81.3 Å². The van der Waals surface area contributed by atoms with Gasteiger partial charge in [0.15, 0.2) is 0 Å². The Labute approximate surface area is 206 Å². The number of hydrogen-bond donors (Lipinski definition) is 1. The summed E-state index contributed by atoms with van der Waals surface area (Å²) in [7, 11) is 0. The van der Waals surface area contributed by atoms with Gasteiger partial charge < -0.3 is 14.7 Å². The molecule has 34 heavy (non-hydrogen) atoms. The van der Waals surface area contributed by atoms with Crippen LogP contribution in [0.2, 0.25) is 0 Å². The lowest BCUT2D eigenvalue weighted by Gasteiger charge is -2.38. The third kappa shape index (κ3) is 6.39. The molecule has 1 aliphatic carbocycles. The van der Waals surface area contributed by atoms with Gasteiger partial charge in [0.2, 0.25) is 11.8 Å². The van der Waals surface area contributed by atoms with E-state index in [-0.39, 0.29) is 39.8 Å². The molecule has 2 heterocycles. The summed E-state index contributed by atoms with van der Waals surface area (Å²) in [5.74, 6) is 4.51. The first-order valence-electron chi connectivity index (χ1n) is 12.1. The van der Waals surface area contributed by atoms with Crippen molar-refractivity contribution in [3.63, 3.8) is 0 Å². The van der Waals surface area contributed by atoms with E-state index in [1.165, 1.54) is 4.90 Å². The van der Waals surface area contributed by atoms with E-state index < -0.39 is 12.0 Å². The Morgan fingerprint density at radius 1 is 1.24 bits per heavy atom. The molecule has 0 bridgehead atoms. The molecule has 0 spiro atoms. The van der Waals surface area contributed by atoms with Crippen LogP contribution in [0.5, 0.6) is 0 Å². The van der Waals surface area contributed by atoms with Crippen LogP contribution < -0.4 is 4.90 Å². The first-order chi connectivity index (χ1) is 16.0. The van der Waals surface area contributed by atoms with Gasteiger partial charge in [-0.05, 0) is 53.5 Å². The number of carboxylic acid groups (broad SMARTS) is 1. The Balaban J connectivity index is 2.03. The molecule has 1 aliphatic heterocycles. The molecule has 2 atom stereocenters. The zero-order valence-corrected chi connectivity index (χ0v) is 21.7. The van der Waals surface area contributed by atoms with E-state index in [1.54, 1.807) is 17.9 Å². The van der Waals surface area contributed by atoms with Crippen molar-refractivity contribution >= 4 is 34.8 Å². The van der Waals surface area contributed by atoms with Crippen molar-refractivity contribution in [3.8, 4) is 11.8 Å². The smallest absolute Gasteiger partial charge is 0.348 e. The molecule has 1 saturated heterocycles. The summed E-state index contributed by atoms with van der Waals surface area (Å²) in [5, 5.41) is 9.96. The van der Waals surface area contributed by atoms with Gasteiger partial charge in [0.1, 0.15) is 10.9 Å². The van der Waals surface area contributed by atoms with Crippen molar-refractivity contribution in [2.75, 3.05) is 24.6 Å². The summed E-state index contributed by atoms with van der Waals surface area (Å²) in [6.07, 6.45) is 4.45. The second-order valence-corrected chi connectivity index (χ2v) is 11.4. The maximum atomic E-state index is 13.8. The molecule has 1 N–H and O–H groups in total. The standard InChI is InChI=1S/C26H36N2O5S/c1-17-16-27(13-14-33-17)23(29)18(2)28(24(30)19-9-7-6-8-10-19)21-15-20(11-12-26(3,4)5)34-22(21)25(31)32/h15,17-19H,6-10,13-14,16H2,1-5H3,(H,31,32)/t17?,18-/m0/s1. The fraction of sp³-hybridized carbons (Fsp3) is 0.654. The number of carboxylic acids is 1. The van der Waals surface area contributed by atoms with Crippen LogP contribution in [0.25, 0.3) is 0 Å². The van der Waals surface area contributed by atoms with E-state index in [2.05, 4.69) is 11.8 Å². The molecule has 7 nitrogen and oxygen atoms in total. The Kier molecular flexibility index (Phi) is 8.43. The normalized spacial score (nSPS) is 20.3. The van der Waals surface area contributed by atoms with E-state index in [9.17, 15) is 19.5 Å². The maximum absolute atomic E-state index is 13.8. The molecule has 8 heteroatoms. The number of rotatable bonds is 5. The van der Waals surface area contributed by atoms with E-state index >= 15 is 0 Å². The molecule has 2 aliphatic rings. The minimum atomic E-state index is -1.12. The lowest BCUT2D eigenvalue weighted by molar-refractivity contribution is -0.141. The second kappa shape index (κ2) is 10.9. The zero-order valence-electron chi connectivity index (χ0n) is 20.8. The van der Waals surface area contributed by atoms with Crippen molar-refractivity contribution in [1.29, 1.82) is 0 Å². The Morgan fingerprint density at radius 3 is 2.50 bits per heavy atom. The number of nitrogens with zero attached hydrogens (tertiary/aromatic N) is 2. The lowest BCUT2D eigenvalue weighted by Crippen LogP contribution is -2.55. The highest BCUT2D eigenvalue weighted by Gasteiger charge is 2.38. The summed E-state index contributed by atoms with van der Waals surface area (Å²) in [4.78, 5) is 43.3. The van der Waals surface area contributed by atoms with Gasteiger partial charge in [-0.25, -0.2) is 4.79 Å². The van der Waals surface area contributed by atoms with Crippen molar-refractivity contribution in [2.45, 2.75) is 78.9 Å². The Bertz CT molecular complexity index is 978. The van der Waals surface area contributed by atoms with Crippen LogP contribution in [-0.2, 0) is 14.3 Å². The predicted octanol–water partition coefficient (Wildman–Crippen LogP) is 4.39. The van der Waals surface area contributed by atoms with Gasteiger partial charge in [-0.15, -0.1) is 11.3 Å². The van der Waals surface area contributed by atoms with E-state index in [1.807, 2.05) is 27.7 Å². The molecule has 1 aromatic rings. The van der Waals surface area contributed by atoms with Crippen LogP contribution in [0.15, 0.2) is 6.07 Å². The van der Waals surface area contributed by atoms with Crippen LogP contribution in [0.3, 0.4) is 0 Å². The minimum absolute atomic E-state index is 0.0392. The van der Waals surface area contributed by atoms with Crippen LogP contribution in [0, 0.1) is 23.2 Å². The SMILES string of the molecule is CC1CN(C(=O)[C@H](C)N(C(=O)C2CCCCC2)c2cc(C#CC(C)(C)C)sc2C(=O)O)CCO1. The van der Waals surface area contributed by atoms with Gasteiger partial charge >= 0.3 is 5.97 Å². The molecule has 3 rings (SSSR count). The van der Waals surface area contributed by atoms with E-state index in [0.717, 1.165) is 43.4 Å². The summed E-state index contributed by atoms with van der Waals surface area (Å²) in [5.41, 5.74) is 0.0231. The average Bonchev–Trinajstić information content (AvgIpc) is 3.21. The Hall–Kier alpha value is -2.37. The van der Waals surface area contributed by atoms with Crippen LogP contribution in [0.4, 0.5) is 5.69 Å². The molecular formula is C26H36N2O5S. The number of morpholine rings is 1. The van der Waals surface area contributed by atoms with Crippen molar-refractivity contribution in [1.82, 2.24) is 4.90 Å². The molecule has 2 fully saturated rings. The minimum Gasteiger partial charge on any atom is -0.477 e. The van der Waals surface area contributed by atoms with Gasteiger partial charge in [-0.3, -0.25) is 14.5 Å². The summed E-state index contributed by atoms with van der Waals surface area (Å²) >= 11 is 1.05. The number of thiophene rings is 1. The van der Waals surface area contributed by atoms with E-state index in [0.29, 0.717) is 24.6 Å². The summed E-state index contributed by atoms with van der Waals surface area (Å²) < 4.78 is 5.57. The topological polar surface area (TPSA) is 87.2 Å². The summed E-state index contributed by atoms with van der Waals surface area (Å²) in [6, 6.07) is 0.843. The van der Waals surface area contributed by atoms with E-state index in [4.69, 9.17) is 4.74 Å². The van der Waals surface area contributed by atoms with Crippen molar-refractivity contribution < 1.29 is 24.2 Å². The molecule has 2 amide bonds. The average molecular weight is 489 g/mol. The number of ether oxygens (including phenoxy) is 1. The number of carbonyl (C=O) groups excluding carboxylic acids is 2. The van der Waals surface area contributed by atoms with Crippen LogP contribution >= 0.6 is 11.3 Å². The molecule has 1 aromatic heterocycles. The molecule has 0 radical (unpaired) electrons. The number of hydrogen-bond acceptors (Lipinski definition) is 5. The molecule has 186 valence electrons. The Morgan fingerprint density at radius 2 is 1.91 bits per heavy atom. The third-order valence-electron chi connectivity index (χ3n) is 6.22. The van der Waals surface area contributed by atoms with Gasteiger partial charge in [0.25, 0.3) is 0 Å². The van der Waals surface area contributed by atoms with Gasteiger partial charge in [0, 0.05) is 24.4 Å². The van der Waals surface area contributed by atoms with Crippen LogP contribution in [-0.4, -0.2) is 59.6 Å². The van der Waals surface area contributed by atoms with Crippen molar-refractivity contribution in [2.24, 2.45) is 11.3 Å². The number of aromatic carboxylic acids is 1. The predicted molar refractivity (Wildman–Crippen MR) is 133 cm³/mol. The number of amides is 2. The number of carbonyl (C=O) groups is 3. The molecule has 1 saturated carbocycles. The highest BCUT2D eigenvalue weighted by Crippen LogP contribution is 2.35. The second-order valence-electron chi connectivity index (χ2n) is 10.3. The fourth-order valence-corrected chi connectivity index (χ4v) is 5.32. The number of anilines is 1. The monoisotopic (exact) mass is 488 g/mol. The van der Waals surface area contributed by atoms with Crippen molar-refractivity contribution in [3.05, 3.63) is 15.8 Å². The largest absolute Gasteiger partial charge is 0.477 e. The molecular weight excluding hydrogens is 452 g/mol. The highest BCUT2D eigenvalue weighted by molar-refractivity contribution is 7.15. The maximum Gasteiger partial charge on any atom is 0.348 e. The van der Waals surface area contributed by atoms with Gasteiger partial charge in [-0.1, -0.05) is 31.1 Å². The summed E-state index contributed by atoms with van der Waals surface area (Å²) in [6.45, 7) is 10.9. The highest BCUT2D eigenvalue weighted by atomic mass is 32.1.